The number of hydrogen-bond acceptors (Lipinski definition) is 7. The van der Waals surface area contributed by atoms with Crippen LogP contribution in [0.5, 0.6) is 5.75 Å². The molecule has 1 fully saturated rings. The Labute approximate surface area is 174 Å². The third-order valence-corrected chi connectivity index (χ3v) is 4.68. The van der Waals surface area contributed by atoms with Gasteiger partial charge in [0, 0.05) is 17.1 Å². The Kier molecular flexibility index (Phi) is 5.23. The second-order valence-corrected chi connectivity index (χ2v) is 6.74. The van der Waals surface area contributed by atoms with Crippen LogP contribution in [-0.4, -0.2) is 41.7 Å². The maximum atomic E-state index is 13.4. The van der Waals surface area contributed by atoms with Gasteiger partial charge in [-0.25, -0.2) is 19.2 Å². The number of rotatable bonds is 5. The van der Waals surface area contributed by atoms with E-state index in [1.54, 1.807) is 12.1 Å². The van der Waals surface area contributed by atoms with Gasteiger partial charge in [-0.1, -0.05) is 11.6 Å². The number of methoxy groups -OCH3 is 1. The number of anilines is 3. The number of nitrogens with zero attached hydrogens (tertiary/aromatic N) is 2. The van der Waals surface area contributed by atoms with Crippen molar-refractivity contribution in [1.82, 2.24) is 15.3 Å². The molecule has 0 spiro atoms. The molecular formula is C19H15ClFN5O4. The topological polar surface area (TPSA) is 114 Å². The van der Waals surface area contributed by atoms with Crippen molar-refractivity contribution in [3.05, 3.63) is 47.5 Å². The van der Waals surface area contributed by atoms with Crippen molar-refractivity contribution in [2.24, 2.45) is 0 Å². The molecule has 9 nitrogen and oxygen atoms in total. The minimum atomic E-state index is -0.816. The van der Waals surface area contributed by atoms with Crippen LogP contribution in [-0.2, 0) is 9.53 Å². The average Bonchev–Trinajstić information content (AvgIpc) is 3.17. The fraction of sp³-hybridized carbons (Fsp3) is 0.158. The fourth-order valence-corrected chi connectivity index (χ4v) is 3.09. The van der Waals surface area contributed by atoms with Gasteiger partial charge in [0.15, 0.2) is 0 Å². The molecule has 2 aromatic carbocycles. The molecule has 0 aliphatic carbocycles. The van der Waals surface area contributed by atoms with E-state index in [1.165, 1.54) is 31.6 Å². The van der Waals surface area contributed by atoms with E-state index in [0.29, 0.717) is 33.8 Å². The monoisotopic (exact) mass is 431 g/mol. The first-order chi connectivity index (χ1) is 14.4. The van der Waals surface area contributed by atoms with Crippen molar-refractivity contribution >= 4 is 51.7 Å². The number of aromatic nitrogens is 2. The number of ether oxygens (including phenoxy) is 2. The van der Waals surface area contributed by atoms with E-state index in [2.05, 4.69) is 25.9 Å². The van der Waals surface area contributed by atoms with E-state index in [0.717, 1.165) is 0 Å². The lowest BCUT2D eigenvalue weighted by Crippen LogP contribution is -2.38. The van der Waals surface area contributed by atoms with Gasteiger partial charge in [0.05, 0.1) is 23.3 Å². The van der Waals surface area contributed by atoms with Gasteiger partial charge in [0.25, 0.3) is 5.91 Å². The number of alkyl carbamates (subject to hydrolysis) is 1. The zero-order chi connectivity index (χ0) is 21.3. The molecule has 0 radical (unpaired) electrons. The Balaban J connectivity index is 1.68. The number of nitrogens with one attached hydrogen (secondary N) is 3. The SMILES string of the molecule is COc1cc2ncnc(Nc3ccc(F)c(Cl)c3)c2cc1NC(=O)C1COC(=O)N1. The third-order valence-electron chi connectivity index (χ3n) is 4.39. The molecule has 154 valence electrons. The number of fused-ring (bicyclic) bond motifs is 1. The second kappa shape index (κ2) is 7.99. The van der Waals surface area contributed by atoms with E-state index in [-0.39, 0.29) is 11.6 Å². The predicted octanol–water partition coefficient (Wildman–Crippen LogP) is 3.22. The highest BCUT2D eigenvalue weighted by Gasteiger charge is 2.29. The summed E-state index contributed by atoms with van der Waals surface area (Å²) in [5.41, 5.74) is 1.42. The molecular weight excluding hydrogens is 417 g/mol. The van der Waals surface area contributed by atoms with E-state index < -0.39 is 23.9 Å². The van der Waals surface area contributed by atoms with Crippen molar-refractivity contribution in [2.75, 3.05) is 24.4 Å². The summed E-state index contributed by atoms with van der Waals surface area (Å²) in [7, 11) is 1.46. The molecule has 3 N–H and O–H groups in total. The molecule has 11 heteroatoms. The normalized spacial score (nSPS) is 15.4. The van der Waals surface area contributed by atoms with Gasteiger partial charge in [-0.15, -0.1) is 0 Å². The lowest BCUT2D eigenvalue weighted by atomic mass is 10.1. The summed E-state index contributed by atoms with van der Waals surface area (Å²) < 4.78 is 23.5. The molecule has 30 heavy (non-hydrogen) atoms. The van der Waals surface area contributed by atoms with Gasteiger partial charge in [0.2, 0.25) is 0 Å². The molecule has 1 saturated heterocycles. The van der Waals surface area contributed by atoms with Crippen LogP contribution in [0.3, 0.4) is 0 Å². The number of halogens is 2. The Morgan fingerprint density at radius 2 is 2.17 bits per heavy atom. The largest absolute Gasteiger partial charge is 0.494 e. The number of carbonyl (C=O) groups excluding carboxylic acids is 2. The van der Waals surface area contributed by atoms with Crippen molar-refractivity contribution < 1.29 is 23.5 Å². The number of benzene rings is 2. The van der Waals surface area contributed by atoms with Crippen LogP contribution in [0.25, 0.3) is 10.9 Å². The van der Waals surface area contributed by atoms with Crippen LogP contribution in [0, 0.1) is 5.82 Å². The minimum Gasteiger partial charge on any atom is -0.494 e. The fourth-order valence-electron chi connectivity index (χ4n) is 2.91. The van der Waals surface area contributed by atoms with Gasteiger partial charge in [-0.05, 0) is 24.3 Å². The van der Waals surface area contributed by atoms with E-state index >= 15 is 0 Å². The van der Waals surface area contributed by atoms with Crippen LogP contribution in [0.1, 0.15) is 0 Å². The number of cyclic esters (lactones) is 1. The summed E-state index contributed by atoms with van der Waals surface area (Å²) in [5.74, 6) is -0.212. The zero-order valence-electron chi connectivity index (χ0n) is 15.5. The second-order valence-electron chi connectivity index (χ2n) is 6.33. The standard InChI is InChI=1S/C19H15ClFN5O4/c1-29-16-6-13-10(5-14(16)25-18(27)15-7-30-19(28)26-15)17(23-8-22-13)24-9-2-3-12(21)11(20)4-9/h2-6,8,15H,7H2,1H3,(H,25,27)(H,26,28)(H,22,23,24). The molecule has 0 bridgehead atoms. The minimum absolute atomic E-state index is 0.0335. The Morgan fingerprint density at radius 3 is 2.87 bits per heavy atom. The highest BCUT2D eigenvalue weighted by Crippen LogP contribution is 2.33. The highest BCUT2D eigenvalue weighted by atomic mass is 35.5. The summed E-state index contributed by atoms with van der Waals surface area (Å²) in [4.78, 5) is 32.1. The Hall–Kier alpha value is -3.66. The van der Waals surface area contributed by atoms with Crippen molar-refractivity contribution in [3.63, 3.8) is 0 Å². The van der Waals surface area contributed by atoms with Crippen LogP contribution in [0.2, 0.25) is 5.02 Å². The average molecular weight is 432 g/mol. The quantitative estimate of drug-likeness (QED) is 0.568. The number of carbonyl (C=O) groups is 2. The smallest absolute Gasteiger partial charge is 0.407 e. The van der Waals surface area contributed by atoms with Gasteiger partial charge < -0.3 is 25.4 Å². The number of amides is 2. The van der Waals surface area contributed by atoms with Gasteiger partial charge in [-0.3, -0.25) is 4.79 Å². The van der Waals surface area contributed by atoms with Crippen molar-refractivity contribution in [1.29, 1.82) is 0 Å². The van der Waals surface area contributed by atoms with Crippen molar-refractivity contribution in [3.8, 4) is 5.75 Å². The van der Waals surface area contributed by atoms with Gasteiger partial charge in [-0.2, -0.15) is 0 Å². The first-order valence-electron chi connectivity index (χ1n) is 8.73. The third kappa shape index (κ3) is 3.90. The summed E-state index contributed by atoms with van der Waals surface area (Å²) in [6, 6.07) is 6.64. The Bertz CT molecular complexity index is 1160. The molecule has 2 heterocycles. The van der Waals surface area contributed by atoms with E-state index in [1.807, 2.05) is 0 Å². The molecule has 1 unspecified atom stereocenters. The van der Waals surface area contributed by atoms with Crippen molar-refractivity contribution in [2.45, 2.75) is 6.04 Å². The molecule has 3 aromatic rings. The van der Waals surface area contributed by atoms with Gasteiger partial charge >= 0.3 is 6.09 Å². The molecule has 4 rings (SSSR count). The maximum Gasteiger partial charge on any atom is 0.407 e. The first-order valence-corrected chi connectivity index (χ1v) is 9.11. The predicted molar refractivity (Wildman–Crippen MR) is 108 cm³/mol. The molecule has 1 aliphatic heterocycles. The summed E-state index contributed by atoms with van der Waals surface area (Å²) in [6.07, 6.45) is 0.706. The summed E-state index contributed by atoms with van der Waals surface area (Å²) in [6.45, 7) is -0.0677. The van der Waals surface area contributed by atoms with Crippen LogP contribution in [0.15, 0.2) is 36.7 Å². The van der Waals surface area contributed by atoms with Crippen LogP contribution in [0.4, 0.5) is 26.4 Å². The molecule has 1 aliphatic rings. The molecule has 0 saturated carbocycles. The maximum absolute atomic E-state index is 13.4. The summed E-state index contributed by atoms with van der Waals surface area (Å²) >= 11 is 5.84. The Morgan fingerprint density at radius 1 is 1.33 bits per heavy atom. The zero-order valence-corrected chi connectivity index (χ0v) is 16.3. The lowest BCUT2D eigenvalue weighted by molar-refractivity contribution is -0.117. The van der Waals surface area contributed by atoms with Crippen LogP contribution >= 0.6 is 11.6 Å². The molecule has 1 atom stereocenters. The number of hydrogen-bond donors (Lipinski definition) is 3. The van der Waals surface area contributed by atoms with Crippen LogP contribution < -0.4 is 20.7 Å². The first kappa shape index (κ1) is 19.6. The van der Waals surface area contributed by atoms with Gasteiger partial charge in [0.1, 0.15) is 36.4 Å². The lowest BCUT2D eigenvalue weighted by Gasteiger charge is -2.15. The molecule has 2 amide bonds. The highest BCUT2D eigenvalue weighted by molar-refractivity contribution is 6.31. The molecule has 1 aromatic heterocycles. The van der Waals surface area contributed by atoms with E-state index in [9.17, 15) is 14.0 Å². The van der Waals surface area contributed by atoms with E-state index in [4.69, 9.17) is 21.1 Å². The summed E-state index contributed by atoms with van der Waals surface area (Å²) in [5, 5.41) is 8.72.